The van der Waals surface area contributed by atoms with Crippen molar-refractivity contribution >= 4 is 34.7 Å². The van der Waals surface area contributed by atoms with E-state index < -0.39 is 0 Å². The number of ether oxygens (including phenoxy) is 1. The third-order valence-corrected chi connectivity index (χ3v) is 4.28. The van der Waals surface area contributed by atoms with E-state index in [0.29, 0.717) is 11.1 Å². The second kappa shape index (κ2) is 7.13. The number of hydrogen-bond donors (Lipinski definition) is 0. The Kier molecular flexibility index (Phi) is 5.49. The molecule has 98 valence electrons. The molecule has 2 aromatic heterocycles. The van der Waals surface area contributed by atoms with Crippen LogP contribution in [-0.2, 0) is 4.74 Å². The lowest BCUT2D eigenvalue weighted by Gasteiger charge is -1.96. The van der Waals surface area contributed by atoms with Crippen LogP contribution < -0.4 is 0 Å². The largest absolute Gasteiger partial charge is 0.410 e. The summed E-state index contributed by atoms with van der Waals surface area (Å²) in [6, 6.07) is 3.71. The number of aromatic nitrogens is 2. The molecule has 0 unspecified atom stereocenters. The predicted octanol–water partition coefficient (Wildman–Crippen LogP) is 3.97. The average Bonchev–Trinajstić information content (AvgIpc) is 2.97. The van der Waals surface area contributed by atoms with Gasteiger partial charge in [0.15, 0.2) is 0 Å². The number of rotatable bonds is 7. The quantitative estimate of drug-likeness (QED) is 0.572. The van der Waals surface area contributed by atoms with E-state index in [0.717, 1.165) is 34.4 Å². The molecule has 0 aliphatic carbocycles. The Bertz CT molecular complexity index is 487. The molecule has 0 bridgehead atoms. The van der Waals surface area contributed by atoms with Crippen LogP contribution in [0.1, 0.15) is 12.8 Å². The summed E-state index contributed by atoms with van der Waals surface area (Å²) in [5, 5.41) is 8.61. The first-order valence-corrected chi connectivity index (χ1v) is 7.68. The number of hydrogen-bond acceptors (Lipinski definition) is 6. The van der Waals surface area contributed by atoms with Crippen molar-refractivity contribution in [3.63, 3.8) is 0 Å². The maximum Gasteiger partial charge on any atom is 0.276 e. The van der Waals surface area contributed by atoms with E-state index in [1.54, 1.807) is 18.9 Å². The summed E-state index contributed by atoms with van der Waals surface area (Å²) in [5.74, 6) is 1.49. The molecule has 0 saturated heterocycles. The zero-order chi connectivity index (χ0) is 12.8. The smallest absolute Gasteiger partial charge is 0.276 e. The molecule has 2 aromatic rings. The summed E-state index contributed by atoms with van der Waals surface area (Å²) in [4.78, 5) is 0.902. The van der Waals surface area contributed by atoms with E-state index in [2.05, 4.69) is 10.2 Å². The molecule has 0 fully saturated rings. The van der Waals surface area contributed by atoms with Crippen molar-refractivity contribution in [3.05, 3.63) is 16.5 Å². The van der Waals surface area contributed by atoms with Crippen molar-refractivity contribution in [1.82, 2.24) is 10.2 Å². The summed E-state index contributed by atoms with van der Waals surface area (Å²) in [7, 11) is 1.71. The molecule has 4 nitrogen and oxygen atoms in total. The van der Waals surface area contributed by atoms with E-state index in [9.17, 15) is 0 Å². The third-order valence-electron chi connectivity index (χ3n) is 2.16. The standard InChI is InChI=1S/C11H13ClN2O2S2/c1-15-6-2-3-7-17-11-14-13-10(16-11)8-4-5-9(12)18-8/h4-5H,2-3,6-7H2,1H3. The molecule has 0 aromatic carbocycles. The first-order chi connectivity index (χ1) is 8.79. The van der Waals surface area contributed by atoms with Gasteiger partial charge in [-0.3, -0.25) is 0 Å². The van der Waals surface area contributed by atoms with Gasteiger partial charge in [0, 0.05) is 19.5 Å². The van der Waals surface area contributed by atoms with Crippen molar-refractivity contribution in [2.24, 2.45) is 0 Å². The van der Waals surface area contributed by atoms with Crippen molar-refractivity contribution in [2.45, 2.75) is 18.1 Å². The van der Waals surface area contributed by atoms with Crippen LogP contribution in [0.5, 0.6) is 0 Å². The van der Waals surface area contributed by atoms with Crippen LogP contribution in [0.2, 0.25) is 4.34 Å². The molecule has 7 heteroatoms. The van der Waals surface area contributed by atoms with Gasteiger partial charge in [0.25, 0.3) is 11.1 Å². The van der Waals surface area contributed by atoms with E-state index in [1.807, 2.05) is 12.1 Å². The summed E-state index contributed by atoms with van der Waals surface area (Å²) < 4.78 is 11.3. The van der Waals surface area contributed by atoms with E-state index >= 15 is 0 Å². The lowest BCUT2D eigenvalue weighted by atomic mass is 10.4. The first-order valence-electron chi connectivity index (χ1n) is 5.50. The highest BCUT2D eigenvalue weighted by atomic mass is 35.5. The molecule has 0 radical (unpaired) electrons. The maximum absolute atomic E-state index is 5.86. The Morgan fingerprint density at radius 2 is 2.28 bits per heavy atom. The highest BCUT2D eigenvalue weighted by Crippen LogP contribution is 2.31. The van der Waals surface area contributed by atoms with Gasteiger partial charge in [-0.25, -0.2) is 0 Å². The lowest BCUT2D eigenvalue weighted by molar-refractivity contribution is 0.194. The summed E-state index contributed by atoms with van der Waals surface area (Å²) in [6.45, 7) is 0.795. The van der Waals surface area contributed by atoms with Gasteiger partial charge in [-0.1, -0.05) is 23.4 Å². The Labute approximate surface area is 119 Å². The van der Waals surface area contributed by atoms with E-state index in [-0.39, 0.29) is 0 Å². The molecule has 0 saturated carbocycles. The topological polar surface area (TPSA) is 48.2 Å². The fourth-order valence-electron chi connectivity index (χ4n) is 1.30. The third kappa shape index (κ3) is 3.98. The second-order valence-electron chi connectivity index (χ2n) is 3.53. The Hall–Kier alpha value is -0.560. The SMILES string of the molecule is COCCCCSc1nnc(-c2ccc(Cl)s2)o1. The summed E-state index contributed by atoms with van der Waals surface area (Å²) >= 11 is 8.86. The molecular formula is C11H13ClN2O2S2. The number of unbranched alkanes of at least 4 members (excludes halogenated alkanes) is 1. The Morgan fingerprint density at radius 1 is 1.39 bits per heavy atom. The van der Waals surface area contributed by atoms with Crippen LogP contribution in [-0.4, -0.2) is 29.7 Å². The van der Waals surface area contributed by atoms with Crippen LogP contribution in [0.15, 0.2) is 21.8 Å². The monoisotopic (exact) mass is 304 g/mol. The van der Waals surface area contributed by atoms with Crippen molar-refractivity contribution in [2.75, 3.05) is 19.5 Å². The molecule has 0 spiro atoms. The van der Waals surface area contributed by atoms with Gasteiger partial charge in [-0.05, 0) is 25.0 Å². The zero-order valence-electron chi connectivity index (χ0n) is 9.89. The van der Waals surface area contributed by atoms with Gasteiger partial charge < -0.3 is 9.15 Å². The molecule has 0 aliphatic heterocycles. The van der Waals surface area contributed by atoms with Crippen LogP contribution >= 0.6 is 34.7 Å². The second-order valence-corrected chi connectivity index (χ2v) is 6.29. The molecule has 18 heavy (non-hydrogen) atoms. The minimum absolute atomic E-state index is 0.534. The predicted molar refractivity (Wildman–Crippen MR) is 74.5 cm³/mol. The van der Waals surface area contributed by atoms with E-state index in [1.165, 1.54) is 11.3 Å². The first kappa shape index (κ1) is 13.9. The van der Waals surface area contributed by atoms with Crippen LogP contribution in [0.25, 0.3) is 10.8 Å². The average molecular weight is 305 g/mol. The molecule has 0 aliphatic rings. The van der Waals surface area contributed by atoms with Crippen molar-refractivity contribution in [1.29, 1.82) is 0 Å². The maximum atomic E-state index is 5.86. The van der Waals surface area contributed by atoms with Crippen LogP contribution in [0.4, 0.5) is 0 Å². The number of thiophene rings is 1. The normalized spacial score (nSPS) is 11.0. The van der Waals surface area contributed by atoms with Gasteiger partial charge in [-0.2, -0.15) is 0 Å². The van der Waals surface area contributed by atoms with Gasteiger partial charge in [-0.15, -0.1) is 21.5 Å². The fraction of sp³-hybridized carbons (Fsp3) is 0.455. The van der Waals surface area contributed by atoms with Gasteiger partial charge in [0.2, 0.25) is 0 Å². The van der Waals surface area contributed by atoms with E-state index in [4.69, 9.17) is 20.8 Å². The Morgan fingerprint density at radius 3 is 3.00 bits per heavy atom. The van der Waals surface area contributed by atoms with Crippen molar-refractivity contribution in [3.8, 4) is 10.8 Å². The highest BCUT2D eigenvalue weighted by Gasteiger charge is 2.10. The highest BCUT2D eigenvalue weighted by molar-refractivity contribution is 7.99. The molecule has 0 amide bonds. The number of thioether (sulfide) groups is 1. The fourth-order valence-corrected chi connectivity index (χ4v) is 3.03. The number of methoxy groups -OCH3 is 1. The number of halogens is 1. The lowest BCUT2D eigenvalue weighted by Crippen LogP contribution is -1.89. The van der Waals surface area contributed by atoms with Crippen molar-refractivity contribution < 1.29 is 9.15 Å². The van der Waals surface area contributed by atoms with Crippen LogP contribution in [0.3, 0.4) is 0 Å². The van der Waals surface area contributed by atoms with Crippen LogP contribution in [0, 0.1) is 0 Å². The molecular weight excluding hydrogens is 292 g/mol. The zero-order valence-corrected chi connectivity index (χ0v) is 12.3. The minimum atomic E-state index is 0.534. The molecule has 0 atom stereocenters. The molecule has 0 N–H and O–H groups in total. The van der Waals surface area contributed by atoms with Gasteiger partial charge in [0.1, 0.15) is 0 Å². The van der Waals surface area contributed by atoms with Gasteiger partial charge >= 0.3 is 0 Å². The molecule has 2 rings (SSSR count). The summed E-state index contributed by atoms with van der Waals surface area (Å²) in [5.41, 5.74) is 0. The molecule has 2 heterocycles. The minimum Gasteiger partial charge on any atom is -0.410 e. The summed E-state index contributed by atoms with van der Waals surface area (Å²) in [6.07, 6.45) is 2.12. The number of nitrogens with zero attached hydrogens (tertiary/aromatic N) is 2. The van der Waals surface area contributed by atoms with Gasteiger partial charge in [0.05, 0.1) is 9.21 Å². The Balaban J connectivity index is 1.83.